The number of esters is 1. The predicted octanol–water partition coefficient (Wildman–Crippen LogP) is 2.80. The standard InChI is InChI=1S/C17H17N5O2/c1-3-24-17(23)13-10-20-22(2)16(13)21-15-9-14(18-11-19-15)12-7-5-4-6-8-12/h4-11H,3H2,1-2H3,(H,18,19,21). The maximum Gasteiger partial charge on any atom is 0.343 e. The average molecular weight is 323 g/mol. The van der Waals surface area contributed by atoms with Gasteiger partial charge in [0, 0.05) is 18.7 Å². The summed E-state index contributed by atoms with van der Waals surface area (Å²) < 4.78 is 6.61. The Labute approximate surface area is 139 Å². The first-order valence-electron chi connectivity index (χ1n) is 7.52. The van der Waals surface area contributed by atoms with Gasteiger partial charge < -0.3 is 10.1 Å². The summed E-state index contributed by atoms with van der Waals surface area (Å²) in [5.74, 6) is 0.662. The SMILES string of the molecule is CCOC(=O)c1cnn(C)c1Nc1cc(-c2ccccc2)ncn1. The third-order valence-corrected chi connectivity index (χ3v) is 3.42. The molecule has 24 heavy (non-hydrogen) atoms. The largest absolute Gasteiger partial charge is 0.462 e. The summed E-state index contributed by atoms with van der Waals surface area (Å²) in [5, 5.41) is 7.23. The van der Waals surface area contributed by atoms with Crippen LogP contribution in [0.15, 0.2) is 48.9 Å². The highest BCUT2D eigenvalue weighted by Crippen LogP contribution is 2.23. The van der Waals surface area contributed by atoms with Gasteiger partial charge in [0.15, 0.2) is 0 Å². The monoisotopic (exact) mass is 323 g/mol. The molecule has 0 saturated carbocycles. The van der Waals surface area contributed by atoms with Gasteiger partial charge >= 0.3 is 5.97 Å². The van der Waals surface area contributed by atoms with Gasteiger partial charge in [-0.25, -0.2) is 14.8 Å². The zero-order valence-electron chi connectivity index (χ0n) is 13.4. The minimum Gasteiger partial charge on any atom is -0.462 e. The zero-order valence-corrected chi connectivity index (χ0v) is 13.4. The molecule has 0 aliphatic carbocycles. The van der Waals surface area contributed by atoms with Gasteiger partial charge in [-0.05, 0) is 6.92 Å². The number of hydrogen-bond donors (Lipinski definition) is 1. The highest BCUT2D eigenvalue weighted by atomic mass is 16.5. The number of carbonyl (C=O) groups is 1. The molecule has 2 aromatic heterocycles. The van der Waals surface area contributed by atoms with Crippen molar-refractivity contribution in [2.45, 2.75) is 6.92 Å². The van der Waals surface area contributed by atoms with Crippen LogP contribution in [0.1, 0.15) is 17.3 Å². The quantitative estimate of drug-likeness (QED) is 0.727. The van der Waals surface area contributed by atoms with Crippen LogP contribution < -0.4 is 5.32 Å². The van der Waals surface area contributed by atoms with E-state index >= 15 is 0 Å². The van der Waals surface area contributed by atoms with Gasteiger partial charge in [0.1, 0.15) is 23.5 Å². The van der Waals surface area contributed by atoms with Crippen LogP contribution in [-0.2, 0) is 11.8 Å². The van der Waals surface area contributed by atoms with Crippen molar-refractivity contribution in [2.75, 3.05) is 11.9 Å². The fraction of sp³-hybridized carbons (Fsp3) is 0.176. The number of aromatic nitrogens is 4. The van der Waals surface area contributed by atoms with E-state index in [1.165, 1.54) is 12.5 Å². The number of rotatable bonds is 5. The van der Waals surface area contributed by atoms with Gasteiger partial charge in [-0.3, -0.25) is 4.68 Å². The fourth-order valence-electron chi connectivity index (χ4n) is 2.26. The molecular formula is C17H17N5O2. The van der Waals surface area contributed by atoms with E-state index in [9.17, 15) is 4.79 Å². The molecule has 0 aliphatic rings. The molecule has 7 heteroatoms. The number of aryl methyl sites for hydroxylation is 1. The van der Waals surface area contributed by atoms with Crippen LogP contribution in [0, 0.1) is 0 Å². The van der Waals surface area contributed by atoms with E-state index in [4.69, 9.17) is 4.74 Å². The van der Waals surface area contributed by atoms with E-state index in [2.05, 4.69) is 20.4 Å². The van der Waals surface area contributed by atoms with E-state index < -0.39 is 5.97 Å². The lowest BCUT2D eigenvalue weighted by Gasteiger charge is -2.09. The number of ether oxygens (including phenoxy) is 1. The Balaban J connectivity index is 1.90. The lowest BCUT2D eigenvalue weighted by Crippen LogP contribution is -2.09. The minimum atomic E-state index is -0.426. The van der Waals surface area contributed by atoms with E-state index in [0.717, 1.165) is 11.3 Å². The molecule has 3 rings (SSSR count). The molecule has 1 aromatic carbocycles. The van der Waals surface area contributed by atoms with E-state index in [0.29, 0.717) is 23.8 Å². The molecule has 122 valence electrons. The molecule has 0 fully saturated rings. The Morgan fingerprint density at radius 3 is 2.79 bits per heavy atom. The highest BCUT2D eigenvalue weighted by molar-refractivity contribution is 5.95. The topological polar surface area (TPSA) is 81.9 Å². The van der Waals surface area contributed by atoms with Crippen LogP contribution in [0.2, 0.25) is 0 Å². The van der Waals surface area contributed by atoms with Crippen molar-refractivity contribution >= 4 is 17.6 Å². The van der Waals surface area contributed by atoms with Crippen molar-refractivity contribution in [3.63, 3.8) is 0 Å². The number of nitrogens with one attached hydrogen (secondary N) is 1. The summed E-state index contributed by atoms with van der Waals surface area (Å²) >= 11 is 0. The maximum atomic E-state index is 12.0. The van der Waals surface area contributed by atoms with Crippen LogP contribution in [0.3, 0.4) is 0 Å². The third-order valence-electron chi connectivity index (χ3n) is 3.42. The predicted molar refractivity (Wildman–Crippen MR) is 89.9 cm³/mol. The molecule has 0 atom stereocenters. The highest BCUT2D eigenvalue weighted by Gasteiger charge is 2.18. The van der Waals surface area contributed by atoms with Crippen molar-refractivity contribution in [3.8, 4) is 11.3 Å². The molecule has 0 aliphatic heterocycles. The molecular weight excluding hydrogens is 306 g/mol. The lowest BCUT2D eigenvalue weighted by atomic mass is 10.1. The van der Waals surface area contributed by atoms with Crippen molar-refractivity contribution in [1.29, 1.82) is 0 Å². The lowest BCUT2D eigenvalue weighted by molar-refractivity contribution is 0.0527. The third kappa shape index (κ3) is 3.24. The first kappa shape index (κ1) is 15.7. The first-order valence-corrected chi connectivity index (χ1v) is 7.52. The number of anilines is 2. The Kier molecular flexibility index (Phi) is 4.51. The summed E-state index contributed by atoms with van der Waals surface area (Å²) in [4.78, 5) is 20.5. The molecule has 0 unspecified atom stereocenters. The minimum absolute atomic E-state index is 0.304. The van der Waals surface area contributed by atoms with E-state index in [1.54, 1.807) is 18.7 Å². The molecule has 0 radical (unpaired) electrons. The molecule has 1 N–H and O–H groups in total. The van der Waals surface area contributed by atoms with Crippen LogP contribution in [-0.4, -0.2) is 32.3 Å². The summed E-state index contributed by atoms with van der Waals surface area (Å²) in [7, 11) is 1.74. The molecule has 0 bridgehead atoms. The molecule has 0 spiro atoms. The number of benzene rings is 1. The van der Waals surface area contributed by atoms with E-state index in [1.807, 2.05) is 36.4 Å². The van der Waals surface area contributed by atoms with Crippen molar-refractivity contribution in [2.24, 2.45) is 7.05 Å². The van der Waals surface area contributed by atoms with Gasteiger partial charge in [0.2, 0.25) is 0 Å². The fourth-order valence-corrected chi connectivity index (χ4v) is 2.26. The maximum absolute atomic E-state index is 12.0. The molecule has 0 amide bonds. The number of carbonyl (C=O) groups excluding carboxylic acids is 1. The summed E-state index contributed by atoms with van der Waals surface area (Å²) in [6.45, 7) is 2.07. The van der Waals surface area contributed by atoms with Crippen molar-refractivity contribution in [1.82, 2.24) is 19.7 Å². The van der Waals surface area contributed by atoms with Gasteiger partial charge in [-0.2, -0.15) is 5.10 Å². The van der Waals surface area contributed by atoms with Gasteiger partial charge in [-0.15, -0.1) is 0 Å². The Bertz CT molecular complexity index is 845. The number of hydrogen-bond acceptors (Lipinski definition) is 6. The van der Waals surface area contributed by atoms with Crippen LogP contribution in [0.5, 0.6) is 0 Å². The Hall–Kier alpha value is -3.22. The normalized spacial score (nSPS) is 10.4. The van der Waals surface area contributed by atoms with Crippen LogP contribution in [0.4, 0.5) is 11.6 Å². The first-order chi connectivity index (χ1) is 11.7. The van der Waals surface area contributed by atoms with Crippen molar-refractivity contribution in [3.05, 3.63) is 54.5 Å². The molecule has 0 saturated heterocycles. The second-order valence-electron chi connectivity index (χ2n) is 5.03. The van der Waals surface area contributed by atoms with Gasteiger partial charge in [0.05, 0.1) is 18.5 Å². The summed E-state index contributed by atoms with van der Waals surface area (Å²) in [6, 6.07) is 11.6. The smallest absolute Gasteiger partial charge is 0.343 e. The van der Waals surface area contributed by atoms with Crippen LogP contribution in [0.25, 0.3) is 11.3 Å². The average Bonchev–Trinajstić information content (AvgIpc) is 2.97. The Morgan fingerprint density at radius 2 is 2.04 bits per heavy atom. The van der Waals surface area contributed by atoms with Gasteiger partial charge in [-0.1, -0.05) is 30.3 Å². The van der Waals surface area contributed by atoms with Crippen LogP contribution >= 0.6 is 0 Å². The Morgan fingerprint density at radius 1 is 1.25 bits per heavy atom. The number of nitrogens with zero attached hydrogens (tertiary/aromatic N) is 4. The van der Waals surface area contributed by atoms with E-state index in [-0.39, 0.29) is 0 Å². The second kappa shape index (κ2) is 6.91. The summed E-state index contributed by atoms with van der Waals surface area (Å²) in [6.07, 6.45) is 2.95. The molecule has 7 nitrogen and oxygen atoms in total. The second-order valence-corrected chi connectivity index (χ2v) is 5.03. The van der Waals surface area contributed by atoms with Gasteiger partial charge in [0.25, 0.3) is 0 Å². The molecule has 3 aromatic rings. The summed E-state index contributed by atoms with van der Waals surface area (Å²) in [5.41, 5.74) is 2.13. The molecule has 2 heterocycles. The van der Waals surface area contributed by atoms with Crippen molar-refractivity contribution < 1.29 is 9.53 Å². The zero-order chi connectivity index (χ0) is 16.9.